The molecular weight excluding hydrogens is 248 g/mol. The van der Waals surface area contributed by atoms with Crippen molar-refractivity contribution < 1.29 is 0 Å². The van der Waals surface area contributed by atoms with Crippen LogP contribution in [0.2, 0.25) is 0 Å². The van der Waals surface area contributed by atoms with Gasteiger partial charge in [0.2, 0.25) is 0 Å². The molecule has 0 unspecified atom stereocenters. The summed E-state index contributed by atoms with van der Waals surface area (Å²) in [4.78, 5) is 4.11. The van der Waals surface area contributed by atoms with E-state index >= 15 is 0 Å². The second-order valence-corrected chi connectivity index (χ2v) is 7.06. The monoisotopic (exact) mass is 272 g/mol. The molecule has 1 aromatic heterocycles. The van der Waals surface area contributed by atoms with E-state index < -0.39 is 0 Å². The fourth-order valence-corrected chi connectivity index (χ4v) is 4.39. The van der Waals surface area contributed by atoms with Crippen molar-refractivity contribution in [3.8, 4) is 0 Å². The summed E-state index contributed by atoms with van der Waals surface area (Å²) in [6.45, 7) is 5.61. The highest BCUT2D eigenvalue weighted by atomic mass is 32.2. The molecule has 0 atom stereocenters. The number of nitrogens with zero attached hydrogens (tertiary/aromatic N) is 2. The van der Waals surface area contributed by atoms with Crippen LogP contribution < -0.4 is 0 Å². The van der Waals surface area contributed by atoms with Crippen LogP contribution in [0.15, 0.2) is 18.7 Å². The first-order chi connectivity index (χ1) is 8.36. The van der Waals surface area contributed by atoms with Crippen LogP contribution in [0, 0.1) is 0 Å². The van der Waals surface area contributed by atoms with E-state index in [9.17, 15) is 0 Å². The number of imidazole rings is 1. The molecule has 0 aliphatic heterocycles. The summed E-state index contributed by atoms with van der Waals surface area (Å²) in [5.74, 6) is 2.57. The van der Waals surface area contributed by atoms with Crippen molar-refractivity contribution in [3.05, 3.63) is 18.7 Å². The van der Waals surface area contributed by atoms with Crippen molar-refractivity contribution in [2.45, 2.75) is 50.7 Å². The van der Waals surface area contributed by atoms with Crippen LogP contribution in [0.5, 0.6) is 0 Å². The van der Waals surface area contributed by atoms with Gasteiger partial charge in [0.25, 0.3) is 0 Å². The van der Waals surface area contributed by atoms with E-state index in [4.69, 9.17) is 0 Å². The molecule has 98 valence electrons. The largest absolute Gasteiger partial charge is 0.336 e. The third-order valence-corrected chi connectivity index (χ3v) is 5.43. The van der Waals surface area contributed by atoms with Gasteiger partial charge in [0, 0.05) is 18.9 Å². The van der Waals surface area contributed by atoms with E-state index in [0.717, 1.165) is 6.54 Å². The number of unbranched alkanes of at least 4 members (excludes halogenated alkanes) is 2. The Morgan fingerprint density at radius 2 is 1.76 bits per heavy atom. The van der Waals surface area contributed by atoms with Crippen LogP contribution in [0.1, 0.15) is 39.5 Å². The van der Waals surface area contributed by atoms with Gasteiger partial charge in [0.05, 0.1) is 10.9 Å². The van der Waals surface area contributed by atoms with Crippen molar-refractivity contribution in [2.24, 2.45) is 0 Å². The van der Waals surface area contributed by atoms with E-state index in [0.29, 0.717) is 4.58 Å². The highest BCUT2D eigenvalue weighted by molar-refractivity contribution is 8.17. The number of thioether (sulfide) groups is 2. The van der Waals surface area contributed by atoms with Crippen molar-refractivity contribution in [1.82, 2.24) is 9.55 Å². The van der Waals surface area contributed by atoms with Gasteiger partial charge in [-0.3, -0.25) is 0 Å². The molecule has 0 aliphatic rings. The molecule has 0 aromatic carbocycles. The topological polar surface area (TPSA) is 17.8 Å². The number of hydrogen-bond acceptors (Lipinski definition) is 3. The molecule has 0 saturated carbocycles. The number of rotatable bonds is 10. The summed E-state index contributed by atoms with van der Waals surface area (Å²) in [6, 6.07) is 0. The summed E-state index contributed by atoms with van der Waals surface area (Å²) in [7, 11) is 0. The molecule has 0 radical (unpaired) electrons. The highest BCUT2D eigenvalue weighted by Gasteiger charge is 2.09. The van der Waals surface area contributed by atoms with Gasteiger partial charge in [0.15, 0.2) is 0 Å². The normalized spacial score (nSPS) is 11.2. The van der Waals surface area contributed by atoms with Crippen LogP contribution in [0.3, 0.4) is 0 Å². The van der Waals surface area contributed by atoms with Crippen molar-refractivity contribution in [3.63, 3.8) is 0 Å². The lowest BCUT2D eigenvalue weighted by Crippen LogP contribution is -2.09. The zero-order valence-electron chi connectivity index (χ0n) is 11.0. The Bertz CT molecular complexity index is 252. The minimum atomic E-state index is 0.683. The average molecular weight is 272 g/mol. The van der Waals surface area contributed by atoms with E-state index in [1.54, 1.807) is 0 Å². The Hall–Kier alpha value is -0.0900. The fourth-order valence-electron chi connectivity index (χ4n) is 1.44. The third kappa shape index (κ3) is 7.04. The number of hydrogen-bond donors (Lipinski definition) is 0. The first-order valence-corrected chi connectivity index (χ1v) is 8.65. The Balaban J connectivity index is 2.29. The Labute approximate surface area is 114 Å². The summed E-state index contributed by atoms with van der Waals surface area (Å²) in [5, 5.41) is 0. The van der Waals surface area contributed by atoms with Crippen LogP contribution >= 0.6 is 23.5 Å². The molecule has 1 aromatic rings. The van der Waals surface area contributed by atoms with E-state index in [1.807, 2.05) is 12.5 Å². The summed E-state index contributed by atoms with van der Waals surface area (Å²) < 4.78 is 2.88. The van der Waals surface area contributed by atoms with Gasteiger partial charge >= 0.3 is 0 Å². The molecule has 1 rings (SSSR count). The van der Waals surface area contributed by atoms with Gasteiger partial charge in [-0.05, 0) is 24.3 Å². The third-order valence-electron chi connectivity index (χ3n) is 2.52. The molecule has 0 bridgehead atoms. The van der Waals surface area contributed by atoms with Crippen LogP contribution in [-0.4, -0.2) is 25.6 Å². The Kier molecular flexibility index (Phi) is 8.71. The predicted octanol–water partition coefficient (Wildman–Crippen LogP) is 4.28. The zero-order chi connectivity index (χ0) is 12.3. The van der Waals surface area contributed by atoms with Gasteiger partial charge < -0.3 is 4.57 Å². The summed E-state index contributed by atoms with van der Waals surface area (Å²) >= 11 is 4.22. The van der Waals surface area contributed by atoms with Gasteiger partial charge in [-0.25, -0.2) is 4.98 Å². The second kappa shape index (κ2) is 9.89. The first-order valence-electron chi connectivity index (χ1n) is 6.55. The molecule has 0 aliphatic carbocycles. The lowest BCUT2D eigenvalue weighted by Gasteiger charge is -2.16. The van der Waals surface area contributed by atoms with Gasteiger partial charge in [-0.2, -0.15) is 0 Å². The summed E-state index contributed by atoms with van der Waals surface area (Å²) in [6.07, 6.45) is 11.1. The first kappa shape index (κ1) is 15.0. The maximum Gasteiger partial charge on any atom is 0.0946 e. The van der Waals surface area contributed by atoms with Crippen molar-refractivity contribution >= 4 is 23.5 Å². The molecule has 1 heterocycles. The Morgan fingerprint density at radius 1 is 1.12 bits per heavy atom. The van der Waals surface area contributed by atoms with E-state index in [-0.39, 0.29) is 0 Å². The van der Waals surface area contributed by atoms with Gasteiger partial charge in [0.1, 0.15) is 0 Å². The highest BCUT2D eigenvalue weighted by Crippen LogP contribution is 2.27. The fraction of sp³-hybridized carbons (Fsp3) is 0.769. The predicted molar refractivity (Wildman–Crippen MR) is 80.7 cm³/mol. The lowest BCUT2D eigenvalue weighted by atomic mass is 10.4. The molecular formula is C13H24N2S2. The quantitative estimate of drug-likeness (QED) is 0.468. The Morgan fingerprint density at radius 3 is 2.24 bits per heavy atom. The molecule has 0 N–H and O–H groups in total. The van der Waals surface area contributed by atoms with Crippen molar-refractivity contribution in [1.29, 1.82) is 0 Å². The minimum absolute atomic E-state index is 0.683. The minimum Gasteiger partial charge on any atom is -0.336 e. The molecule has 2 nitrogen and oxygen atoms in total. The average Bonchev–Trinajstić information content (AvgIpc) is 2.82. The smallest absolute Gasteiger partial charge is 0.0946 e. The maximum absolute atomic E-state index is 4.11. The molecule has 0 amide bonds. The van der Waals surface area contributed by atoms with Crippen LogP contribution in [0.4, 0.5) is 0 Å². The van der Waals surface area contributed by atoms with Gasteiger partial charge in [-0.1, -0.05) is 26.7 Å². The van der Waals surface area contributed by atoms with Crippen LogP contribution in [-0.2, 0) is 6.54 Å². The number of aromatic nitrogens is 2. The molecule has 17 heavy (non-hydrogen) atoms. The van der Waals surface area contributed by atoms with Crippen LogP contribution in [0.25, 0.3) is 0 Å². The van der Waals surface area contributed by atoms with Gasteiger partial charge in [-0.15, -0.1) is 23.5 Å². The molecule has 0 spiro atoms. The second-order valence-electron chi connectivity index (χ2n) is 4.14. The van der Waals surface area contributed by atoms with Crippen molar-refractivity contribution in [2.75, 3.05) is 11.5 Å². The maximum atomic E-state index is 4.11. The summed E-state index contributed by atoms with van der Waals surface area (Å²) in [5.41, 5.74) is 0. The standard InChI is InChI=1S/C13H24N2S2/c1-3-5-9-16-13(17-10-6-4-2)11-15-8-7-14-12-15/h7-8,12-13H,3-6,9-11H2,1-2H3. The van der Waals surface area contributed by atoms with E-state index in [1.165, 1.54) is 37.2 Å². The molecule has 4 heteroatoms. The van der Waals surface area contributed by atoms with E-state index in [2.05, 4.69) is 53.1 Å². The SMILES string of the molecule is CCCCSC(Cn1ccnc1)SCCCC. The molecule has 0 fully saturated rings. The zero-order valence-corrected chi connectivity index (χ0v) is 12.6. The molecule has 0 saturated heterocycles. The lowest BCUT2D eigenvalue weighted by molar-refractivity contribution is 0.748.